The van der Waals surface area contributed by atoms with Gasteiger partial charge < -0.3 is 9.84 Å². The summed E-state index contributed by atoms with van der Waals surface area (Å²) in [6.45, 7) is 2.00. The van der Waals surface area contributed by atoms with Crippen molar-refractivity contribution < 1.29 is 52.1 Å². The molecule has 15 heteroatoms. The average molecular weight is 683 g/mol. The summed E-state index contributed by atoms with van der Waals surface area (Å²) in [7, 11) is -10.7. The number of para-hydroxylation sites is 1. The Bertz CT molecular complexity index is 1600. The van der Waals surface area contributed by atoms with Crippen LogP contribution < -0.4 is 5.11 Å². The molecule has 5 heterocycles. The first-order valence-electron chi connectivity index (χ1n) is 12.6. The second-order valence-electron chi connectivity index (χ2n) is 8.75. The summed E-state index contributed by atoms with van der Waals surface area (Å²) in [6, 6.07) is 27.6. The van der Waals surface area contributed by atoms with E-state index in [-0.39, 0.29) is 28.5 Å². The maximum absolute atomic E-state index is 11.3. The maximum Gasteiger partial charge on any atom is 2.00 e. The monoisotopic (exact) mass is 682 g/mol. The average Bonchev–Trinajstić information content (AvgIpc) is 3.58. The number of benzene rings is 1. The first kappa shape index (κ1) is 36.1. The van der Waals surface area contributed by atoms with Gasteiger partial charge in [0.1, 0.15) is 11.8 Å². The number of nitrogens with zero attached hydrogens (tertiary/aromatic N) is 5. The van der Waals surface area contributed by atoms with Crippen molar-refractivity contribution in [3.8, 4) is 34.6 Å². The van der Waals surface area contributed by atoms with Gasteiger partial charge >= 0.3 is 50.1 Å². The molecular formula is C29H24CuF6N5O2P. The maximum atomic E-state index is 11.3. The summed E-state index contributed by atoms with van der Waals surface area (Å²) in [5.74, 6) is -0.144. The molecule has 1 radical (unpaired) electrons. The quantitative estimate of drug-likeness (QED) is 0.104. The van der Waals surface area contributed by atoms with Gasteiger partial charge in [-0.05, 0) is 66.8 Å². The van der Waals surface area contributed by atoms with Crippen molar-refractivity contribution in [2.45, 2.75) is 12.8 Å². The van der Waals surface area contributed by atoms with E-state index >= 15 is 0 Å². The Labute approximate surface area is 259 Å². The summed E-state index contributed by atoms with van der Waals surface area (Å²) in [6.07, 6.45) is 6.09. The predicted molar refractivity (Wildman–Crippen MR) is 150 cm³/mol. The Morgan fingerprint density at radius 3 is 1.59 bits per heavy atom. The van der Waals surface area contributed by atoms with Gasteiger partial charge in [-0.3, -0.25) is 9.97 Å². The molecule has 7 nitrogen and oxygen atoms in total. The molecule has 0 unspecified atom stereocenters. The van der Waals surface area contributed by atoms with Gasteiger partial charge in [0.05, 0.1) is 28.3 Å². The largest absolute Gasteiger partial charge is 2.00 e. The zero-order valence-corrected chi connectivity index (χ0v) is 24.5. The first-order chi connectivity index (χ1) is 20.2. The molecule has 0 saturated carbocycles. The fourth-order valence-electron chi connectivity index (χ4n) is 3.44. The summed E-state index contributed by atoms with van der Waals surface area (Å²) >= 11 is 0. The van der Waals surface area contributed by atoms with Gasteiger partial charge in [0.2, 0.25) is 0 Å². The van der Waals surface area contributed by atoms with Crippen LogP contribution in [0.2, 0.25) is 0 Å². The molecule has 0 amide bonds. The van der Waals surface area contributed by atoms with Crippen molar-refractivity contribution in [3.05, 3.63) is 103 Å². The minimum atomic E-state index is -10.7. The fourth-order valence-corrected chi connectivity index (χ4v) is 3.44. The number of hydrogen-bond acceptors (Lipinski definition) is 7. The molecule has 5 aromatic rings. The number of hydrogen-bond donors (Lipinski definition) is 0. The molecule has 1 saturated heterocycles. The van der Waals surface area contributed by atoms with Crippen molar-refractivity contribution in [1.82, 2.24) is 19.9 Å². The molecule has 1 fully saturated rings. The van der Waals surface area contributed by atoms with E-state index < -0.39 is 7.81 Å². The number of ether oxygens (including phenoxy) is 1. The Morgan fingerprint density at radius 1 is 0.659 bits per heavy atom. The van der Waals surface area contributed by atoms with Crippen LogP contribution in [0.5, 0.6) is 5.75 Å². The molecule has 0 spiro atoms. The number of nitriles is 1. The van der Waals surface area contributed by atoms with Gasteiger partial charge in [0.25, 0.3) is 0 Å². The fraction of sp³-hybridized carbons (Fsp3) is 0.138. The van der Waals surface area contributed by atoms with E-state index in [0.29, 0.717) is 5.52 Å². The second-order valence-corrected chi connectivity index (χ2v) is 10.7. The third kappa shape index (κ3) is 14.4. The smallest absolute Gasteiger partial charge is 0.871 e. The van der Waals surface area contributed by atoms with Crippen LogP contribution in [0.3, 0.4) is 0 Å². The molecule has 1 aromatic carbocycles. The van der Waals surface area contributed by atoms with E-state index in [1.807, 2.05) is 60.7 Å². The number of aromatic nitrogens is 4. The van der Waals surface area contributed by atoms with Gasteiger partial charge in [0, 0.05) is 25.6 Å². The summed E-state index contributed by atoms with van der Waals surface area (Å²) in [5, 5.41) is 20.6. The minimum Gasteiger partial charge on any atom is -0.871 e. The summed E-state index contributed by atoms with van der Waals surface area (Å²) in [4.78, 5) is 17.1. The van der Waals surface area contributed by atoms with E-state index in [4.69, 9.17) is 10.00 Å². The van der Waals surface area contributed by atoms with E-state index in [9.17, 15) is 30.3 Å². The third-order valence-electron chi connectivity index (χ3n) is 5.23. The zero-order chi connectivity index (χ0) is 31.4. The number of halogens is 6. The summed E-state index contributed by atoms with van der Waals surface area (Å²) in [5.41, 5.74) is 4.10. The second kappa shape index (κ2) is 15.0. The van der Waals surface area contributed by atoms with Gasteiger partial charge in [-0.15, -0.1) is 0 Å². The zero-order valence-electron chi connectivity index (χ0n) is 22.6. The molecule has 0 atom stereocenters. The van der Waals surface area contributed by atoms with Gasteiger partial charge in [-0.1, -0.05) is 42.1 Å². The Kier molecular flexibility index (Phi) is 12.3. The SMILES string of the molecule is C1CCOC1.F[P-](F)(F)(F)(F)F.N#Cc1ccc2cccc([O-])c2n1.[Cu+2].c1ccc(-c2cccc(-c3ccccn3)n2)nc1. The Morgan fingerprint density at radius 2 is 1.16 bits per heavy atom. The topological polar surface area (TPSA) is 108 Å². The Balaban J connectivity index is 0.000000227. The van der Waals surface area contributed by atoms with E-state index in [2.05, 4.69) is 19.9 Å². The standard InChI is InChI=1S/C15H11N3.C10H6N2O.C4H8O.Cu.F6P/c1-3-10-16-12(6-1)14-8-5-9-15(18-14)13-7-2-4-11-17-13;11-6-8-5-4-7-2-1-3-9(13)10(7)12-8;1-2-4-5-3-1;;1-7(2,3,4,5)6/h1-11H;1-5,13H;1-4H2;;/q;;;+2;-1/p-1. The molecule has 0 aliphatic carbocycles. The van der Waals surface area contributed by atoms with Crippen molar-refractivity contribution in [2.24, 2.45) is 0 Å². The van der Waals surface area contributed by atoms with Crippen molar-refractivity contribution in [2.75, 3.05) is 13.2 Å². The summed E-state index contributed by atoms with van der Waals surface area (Å²) < 4.78 is 64.1. The first-order valence-corrected chi connectivity index (χ1v) is 14.6. The molecule has 1 aliphatic rings. The molecule has 0 N–H and O–H groups in total. The van der Waals surface area contributed by atoms with Crippen molar-refractivity contribution in [3.63, 3.8) is 0 Å². The molecule has 235 valence electrons. The number of rotatable bonds is 2. The van der Waals surface area contributed by atoms with Gasteiger partial charge in [-0.25, -0.2) is 9.97 Å². The molecule has 1 aliphatic heterocycles. The third-order valence-corrected chi connectivity index (χ3v) is 5.23. The number of fused-ring (bicyclic) bond motifs is 1. The molecule has 44 heavy (non-hydrogen) atoms. The van der Waals surface area contributed by atoms with Gasteiger partial charge in [0.15, 0.2) is 0 Å². The van der Waals surface area contributed by atoms with E-state index in [1.165, 1.54) is 18.9 Å². The van der Waals surface area contributed by atoms with Crippen molar-refractivity contribution >= 4 is 18.7 Å². The van der Waals surface area contributed by atoms with Crippen LogP contribution in [-0.2, 0) is 21.8 Å². The van der Waals surface area contributed by atoms with Crippen LogP contribution in [0.1, 0.15) is 18.5 Å². The van der Waals surface area contributed by atoms with Crippen LogP contribution in [-0.4, -0.2) is 33.1 Å². The molecule has 0 bridgehead atoms. The van der Waals surface area contributed by atoms with Crippen molar-refractivity contribution in [1.29, 1.82) is 5.26 Å². The minimum absolute atomic E-state index is 0. The molecular weight excluding hydrogens is 659 g/mol. The predicted octanol–water partition coefficient (Wildman–Crippen LogP) is 8.56. The number of pyridine rings is 4. The Hall–Kier alpha value is -4.14. The van der Waals surface area contributed by atoms with Crippen LogP contribution in [0.15, 0.2) is 97.3 Å². The van der Waals surface area contributed by atoms with Crippen LogP contribution in [0, 0.1) is 11.3 Å². The van der Waals surface area contributed by atoms with Crippen LogP contribution in [0.4, 0.5) is 25.2 Å². The van der Waals surface area contributed by atoms with Crippen LogP contribution in [0.25, 0.3) is 33.7 Å². The van der Waals surface area contributed by atoms with Crippen LogP contribution >= 0.6 is 7.81 Å². The molecule has 4 aromatic heterocycles. The van der Waals surface area contributed by atoms with Gasteiger partial charge in [-0.2, -0.15) is 5.26 Å². The normalized spacial score (nSPS) is 13.5. The van der Waals surface area contributed by atoms with E-state index in [1.54, 1.807) is 36.7 Å². The van der Waals surface area contributed by atoms with E-state index in [0.717, 1.165) is 41.4 Å². The molecule has 6 rings (SSSR count).